The zero-order valence-corrected chi connectivity index (χ0v) is 7.11. The molecule has 0 saturated heterocycles. The molecule has 1 atom stereocenters. The van der Waals surface area contributed by atoms with Crippen LogP contribution in [0, 0.1) is 24.7 Å². The lowest BCUT2D eigenvalue weighted by atomic mass is 10.1. The van der Waals surface area contributed by atoms with Crippen molar-refractivity contribution >= 4 is 0 Å². The van der Waals surface area contributed by atoms with Gasteiger partial charge in [0, 0.05) is 12.3 Å². The summed E-state index contributed by atoms with van der Waals surface area (Å²) in [5, 5.41) is 0. The zero-order chi connectivity index (χ0) is 7.82. The van der Waals surface area contributed by atoms with E-state index in [9.17, 15) is 0 Å². The molecule has 10 heavy (non-hydrogen) atoms. The maximum atomic E-state index is 3.75. The van der Waals surface area contributed by atoms with Crippen LogP contribution in [0.4, 0.5) is 0 Å². The molecule has 0 bridgehead atoms. The molecule has 0 heterocycles. The fourth-order valence-corrected chi connectivity index (χ4v) is 0.562. The summed E-state index contributed by atoms with van der Waals surface area (Å²) < 4.78 is 0. The van der Waals surface area contributed by atoms with Crippen LogP contribution in [0.2, 0.25) is 0 Å². The molecule has 0 aromatic heterocycles. The molecular weight excluding hydrogens is 120 g/mol. The van der Waals surface area contributed by atoms with Crippen LogP contribution in [0.25, 0.3) is 0 Å². The summed E-state index contributed by atoms with van der Waals surface area (Å²) >= 11 is 0. The van der Waals surface area contributed by atoms with Crippen molar-refractivity contribution < 1.29 is 0 Å². The first kappa shape index (κ1) is 9.56. The zero-order valence-electron chi connectivity index (χ0n) is 7.11. The maximum absolute atomic E-state index is 3.75. The van der Waals surface area contributed by atoms with Crippen LogP contribution in [0.15, 0.2) is 0 Å². The lowest BCUT2D eigenvalue weighted by Gasteiger charge is -1.93. The maximum Gasteiger partial charge on any atom is 0.0171 e. The van der Waals surface area contributed by atoms with Crippen molar-refractivity contribution in [2.24, 2.45) is 5.92 Å². The van der Waals surface area contributed by atoms with E-state index in [0.717, 1.165) is 25.7 Å². The van der Waals surface area contributed by atoms with Crippen LogP contribution in [0.1, 0.15) is 39.5 Å². The minimum absolute atomic E-state index is 0.574. The molecule has 1 radical (unpaired) electrons. The van der Waals surface area contributed by atoms with Gasteiger partial charge in [-0.25, -0.2) is 0 Å². The molecule has 0 aromatic rings. The fourth-order valence-electron chi connectivity index (χ4n) is 0.562. The monoisotopic (exact) mass is 137 g/mol. The van der Waals surface area contributed by atoms with Gasteiger partial charge in [-0.3, -0.25) is 0 Å². The molecule has 0 spiro atoms. The van der Waals surface area contributed by atoms with Crippen molar-refractivity contribution in [1.29, 1.82) is 0 Å². The van der Waals surface area contributed by atoms with Gasteiger partial charge in [0.05, 0.1) is 0 Å². The van der Waals surface area contributed by atoms with Gasteiger partial charge in [-0.15, -0.1) is 11.8 Å². The molecule has 0 N–H and O–H groups in total. The lowest BCUT2D eigenvalue weighted by molar-refractivity contribution is 0.721. The highest BCUT2D eigenvalue weighted by Crippen LogP contribution is 1.98. The van der Waals surface area contributed by atoms with E-state index in [4.69, 9.17) is 0 Å². The van der Waals surface area contributed by atoms with E-state index < -0.39 is 0 Å². The third-order valence-electron chi connectivity index (χ3n) is 1.51. The third-order valence-corrected chi connectivity index (χ3v) is 1.51. The van der Waals surface area contributed by atoms with E-state index in [0.29, 0.717) is 5.92 Å². The molecule has 0 aromatic carbocycles. The minimum atomic E-state index is 0.574. The second kappa shape index (κ2) is 6.68. The molecule has 0 rings (SSSR count). The first-order chi connectivity index (χ1) is 4.81. The molecule has 0 fully saturated rings. The van der Waals surface area contributed by atoms with Crippen molar-refractivity contribution in [3.63, 3.8) is 0 Å². The molecule has 0 heteroatoms. The normalized spacial score (nSPS) is 11.9. The molecule has 0 amide bonds. The Bertz CT molecular complexity index is 114. The van der Waals surface area contributed by atoms with Gasteiger partial charge in [-0.1, -0.05) is 27.2 Å². The van der Waals surface area contributed by atoms with Crippen molar-refractivity contribution in [2.45, 2.75) is 39.5 Å². The van der Waals surface area contributed by atoms with Gasteiger partial charge in [0.1, 0.15) is 0 Å². The first-order valence-corrected chi connectivity index (χ1v) is 4.08. The quantitative estimate of drug-likeness (QED) is 0.414. The summed E-state index contributed by atoms with van der Waals surface area (Å²) in [4.78, 5) is 0. The highest BCUT2D eigenvalue weighted by atomic mass is 13.9. The standard InChI is InChI=1S/C10H17/c1-4-6-7-8-9-10(3)5-2/h10H,1,4-7H2,2-3H3. The molecule has 0 aliphatic heterocycles. The Morgan fingerprint density at radius 2 is 2.20 bits per heavy atom. The SMILES string of the molecule is [CH2]CCCC#CC(C)CC. The molecular formula is C10H17. The minimum Gasteiger partial charge on any atom is -0.103 e. The summed E-state index contributed by atoms with van der Waals surface area (Å²) in [7, 11) is 0. The summed E-state index contributed by atoms with van der Waals surface area (Å²) in [5.41, 5.74) is 0. The predicted molar refractivity (Wildman–Crippen MR) is 46.4 cm³/mol. The van der Waals surface area contributed by atoms with E-state index in [1.165, 1.54) is 0 Å². The van der Waals surface area contributed by atoms with Gasteiger partial charge < -0.3 is 0 Å². The van der Waals surface area contributed by atoms with E-state index in [1.807, 2.05) is 0 Å². The van der Waals surface area contributed by atoms with E-state index in [2.05, 4.69) is 32.6 Å². The van der Waals surface area contributed by atoms with Gasteiger partial charge in [-0.2, -0.15) is 0 Å². The van der Waals surface area contributed by atoms with Crippen molar-refractivity contribution in [2.75, 3.05) is 0 Å². The largest absolute Gasteiger partial charge is 0.103 e. The molecule has 0 aliphatic rings. The molecule has 0 aliphatic carbocycles. The Balaban J connectivity index is 3.29. The predicted octanol–water partition coefficient (Wildman–Crippen LogP) is 3.04. The van der Waals surface area contributed by atoms with Crippen LogP contribution in [0.3, 0.4) is 0 Å². The molecule has 0 saturated carbocycles. The third kappa shape index (κ3) is 5.69. The van der Waals surface area contributed by atoms with E-state index in [1.54, 1.807) is 0 Å². The van der Waals surface area contributed by atoms with E-state index in [-0.39, 0.29) is 0 Å². The molecule has 0 nitrogen and oxygen atoms in total. The average Bonchev–Trinajstić information content (AvgIpc) is 1.98. The Kier molecular flexibility index (Phi) is 6.38. The van der Waals surface area contributed by atoms with Crippen LogP contribution in [-0.2, 0) is 0 Å². The summed E-state index contributed by atoms with van der Waals surface area (Å²) in [6.07, 6.45) is 4.34. The Morgan fingerprint density at radius 3 is 2.70 bits per heavy atom. The number of hydrogen-bond donors (Lipinski definition) is 0. The summed E-state index contributed by atoms with van der Waals surface area (Å²) in [6.45, 7) is 8.09. The van der Waals surface area contributed by atoms with Crippen LogP contribution >= 0.6 is 0 Å². The van der Waals surface area contributed by atoms with Gasteiger partial charge in [0.15, 0.2) is 0 Å². The van der Waals surface area contributed by atoms with Crippen molar-refractivity contribution in [3.8, 4) is 11.8 Å². The average molecular weight is 137 g/mol. The smallest absolute Gasteiger partial charge is 0.0171 e. The van der Waals surface area contributed by atoms with Crippen molar-refractivity contribution in [1.82, 2.24) is 0 Å². The Labute approximate surface area is 65.0 Å². The number of hydrogen-bond acceptors (Lipinski definition) is 0. The molecule has 1 unspecified atom stereocenters. The number of unbranched alkanes of at least 4 members (excludes halogenated alkanes) is 2. The van der Waals surface area contributed by atoms with Gasteiger partial charge in [0.25, 0.3) is 0 Å². The van der Waals surface area contributed by atoms with Gasteiger partial charge in [-0.05, 0) is 12.8 Å². The highest BCUT2D eigenvalue weighted by molar-refractivity contribution is 5.01. The van der Waals surface area contributed by atoms with E-state index >= 15 is 0 Å². The van der Waals surface area contributed by atoms with Crippen LogP contribution < -0.4 is 0 Å². The topological polar surface area (TPSA) is 0 Å². The molecule has 57 valence electrons. The Morgan fingerprint density at radius 1 is 1.50 bits per heavy atom. The lowest BCUT2D eigenvalue weighted by Crippen LogP contribution is -1.84. The van der Waals surface area contributed by atoms with Crippen molar-refractivity contribution in [3.05, 3.63) is 6.92 Å². The fraction of sp³-hybridized carbons (Fsp3) is 0.700. The summed E-state index contributed by atoms with van der Waals surface area (Å²) in [5.74, 6) is 6.91. The number of rotatable bonds is 3. The first-order valence-electron chi connectivity index (χ1n) is 4.08. The second-order valence-electron chi connectivity index (χ2n) is 2.59. The van der Waals surface area contributed by atoms with Crippen LogP contribution in [-0.4, -0.2) is 0 Å². The Hall–Kier alpha value is -0.440. The highest BCUT2D eigenvalue weighted by Gasteiger charge is 1.87. The summed E-state index contributed by atoms with van der Waals surface area (Å²) in [6, 6.07) is 0. The second-order valence-corrected chi connectivity index (χ2v) is 2.59. The van der Waals surface area contributed by atoms with Gasteiger partial charge in [0.2, 0.25) is 0 Å². The van der Waals surface area contributed by atoms with Crippen LogP contribution in [0.5, 0.6) is 0 Å². The van der Waals surface area contributed by atoms with Gasteiger partial charge >= 0.3 is 0 Å².